The number of fused-ring (bicyclic) bond motifs is 1. The van der Waals surface area contributed by atoms with Crippen molar-refractivity contribution in [3.8, 4) is 5.75 Å². The van der Waals surface area contributed by atoms with E-state index in [0.29, 0.717) is 21.3 Å². The number of aliphatic hydroxyl groups is 1. The molecule has 1 aliphatic heterocycles. The topological polar surface area (TPSA) is 79.7 Å². The van der Waals surface area contributed by atoms with E-state index in [0.717, 1.165) is 16.6 Å². The van der Waals surface area contributed by atoms with Crippen molar-refractivity contribution >= 4 is 49.7 Å². The Morgan fingerprint density at radius 1 is 1.18 bits per heavy atom. The SMILES string of the molecule is CCc1ccc2nc(N3C(=O)C(O)=C(C(=O)c4cccs4)[C@@H]3c3ccccc3OC)sc2c1. The van der Waals surface area contributed by atoms with E-state index in [1.807, 2.05) is 24.3 Å². The molecule has 1 N–H and O–H groups in total. The first kappa shape index (κ1) is 21.4. The highest BCUT2D eigenvalue weighted by Gasteiger charge is 2.47. The number of Topliss-reactive ketones (excluding diaryl/α,β-unsaturated/α-hetero) is 1. The highest BCUT2D eigenvalue weighted by molar-refractivity contribution is 7.22. The maximum absolute atomic E-state index is 13.4. The summed E-state index contributed by atoms with van der Waals surface area (Å²) in [5.41, 5.74) is 2.56. The number of amides is 1. The van der Waals surface area contributed by atoms with E-state index < -0.39 is 17.7 Å². The molecule has 4 aromatic rings. The van der Waals surface area contributed by atoms with Gasteiger partial charge in [0, 0.05) is 5.56 Å². The van der Waals surface area contributed by atoms with Crippen molar-refractivity contribution in [2.45, 2.75) is 19.4 Å². The quantitative estimate of drug-likeness (QED) is 0.361. The number of ether oxygens (including phenoxy) is 1. The summed E-state index contributed by atoms with van der Waals surface area (Å²) < 4.78 is 6.49. The molecule has 0 bridgehead atoms. The van der Waals surface area contributed by atoms with Gasteiger partial charge in [-0.1, -0.05) is 48.6 Å². The third kappa shape index (κ3) is 3.51. The first-order valence-electron chi connectivity index (χ1n) is 10.4. The molecule has 0 radical (unpaired) electrons. The van der Waals surface area contributed by atoms with Gasteiger partial charge in [-0.3, -0.25) is 14.5 Å². The van der Waals surface area contributed by atoms with Crippen molar-refractivity contribution < 1.29 is 19.4 Å². The molecule has 5 rings (SSSR count). The standard InChI is InChI=1S/C25H20N2O4S2/c1-3-14-10-11-16-19(13-14)33-25(26-16)27-21(15-7-4-5-8-17(15)31-2)20(23(29)24(27)30)22(28)18-9-6-12-32-18/h4-13,21,29H,3H2,1-2H3/t21-/m0/s1. The van der Waals surface area contributed by atoms with Crippen LogP contribution in [0.5, 0.6) is 5.75 Å². The Hall–Kier alpha value is -3.49. The third-order valence-corrected chi connectivity index (χ3v) is 7.57. The number of thiazole rings is 1. The number of para-hydroxylation sites is 1. The molecule has 1 aliphatic rings. The summed E-state index contributed by atoms with van der Waals surface area (Å²) in [6, 6.07) is 15.8. The summed E-state index contributed by atoms with van der Waals surface area (Å²) in [5.74, 6) is -1.08. The van der Waals surface area contributed by atoms with Gasteiger partial charge in [0.1, 0.15) is 11.8 Å². The fourth-order valence-corrected chi connectivity index (χ4v) is 5.78. The minimum absolute atomic E-state index is 0.0282. The van der Waals surface area contributed by atoms with E-state index in [4.69, 9.17) is 4.74 Å². The number of thiophene rings is 1. The Balaban J connectivity index is 1.70. The van der Waals surface area contributed by atoms with Gasteiger partial charge in [-0.05, 0) is 41.6 Å². The summed E-state index contributed by atoms with van der Waals surface area (Å²) in [6.07, 6.45) is 0.886. The van der Waals surface area contributed by atoms with Crippen molar-refractivity contribution in [3.63, 3.8) is 0 Å². The number of carbonyl (C=O) groups is 2. The van der Waals surface area contributed by atoms with Crippen molar-refractivity contribution in [2.75, 3.05) is 12.0 Å². The average molecular weight is 477 g/mol. The molecule has 2 aromatic carbocycles. The third-order valence-electron chi connectivity index (χ3n) is 5.69. The summed E-state index contributed by atoms with van der Waals surface area (Å²) in [7, 11) is 1.54. The monoisotopic (exact) mass is 476 g/mol. The largest absolute Gasteiger partial charge is 0.503 e. The van der Waals surface area contributed by atoms with Crippen molar-refractivity contribution in [1.29, 1.82) is 0 Å². The summed E-state index contributed by atoms with van der Waals surface area (Å²) in [5, 5.41) is 13.1. The molecule has 3 heterocycles. The number of ketones is 1. The predicted octanol–water partition coefficient (Wildman–Crippen LogP) is 5.71. The van der Waals surface area contributed by atoms with Gasteiger partial charge in [-0.2, -0.15) is 0 Å². The van der Waals surface area contributed by atoms with Crippen molar-refractivity contribution in [3.05, 3.63) is 87.3 Å². The lowest BCUT2D eigenvalue weighted by molar-refractivity contribution is -0.117. The maximum atomic E-state index is 13.4. The molecule has 1 amide bonds. The molecular formula is C25H20N2O4S2. The Kier molecular flexibility index (Phi) is 5.47. The fourth-order valence-electron chi connectivity index (χ4n) is 4.04. The van der Waals surface area contributed by atoms with Gasteiger partial charge in [0.15, 0.2) is 10.9 Å². The number of hydrogen-bond acceptors (Lipinski definition) is 7. The molecule has 0 aliphatic carbocycles. The highest BCUT2D eigenvalue weighted by atomic mass is 32.1. The van der Waals surface area contributed by atoms with Crippen LogP contribution in [0.4, 0.5) is 5.13 Å². The molecule has 6 nitrogen and oxygen atoms in total. The zero-order valence-electron chi connectivity index (χ0n) is 17.9. The van der Waals surface area contributed by atoms with E-state index in [9.17, 15) is 14.7 Å². The van der Waals surface area contributed by atoms with E-state index in [2.05, 4.69) is 18.0 Å². The minimum atomic E-state index is -0.866. The van der Waals surface area contributed by atoms with Crippen LogP contribution in [0.2, 0.25) is 0 Å². The van der Waals surface area contributed by atoms with Crippen LogP contribution >= 0.6 is 22.7 Å². The van der Waals surface area contributed by atoms with Gasteiger partial charge < -0.3 is 9.84 Å². The second kappa shape index (κ2) is 8.46. The number of carbonyl (C=O) groups excluding carboxylic acids is 2. The van der Waals surface area contributed by atoms with Crippen LogP contribution in [0.25, 0.3) is 10.2 Å². The van der Waals surface area contributed by atoms with Gasteiger partial charge in [-0.25, -0.2) is 4.98 Å². The first-order valence-corrected chi connectivity index (χ1v) is 12.1. The van der Waals surface area contributed by atoms with Crippen molar-refractivity contribution in [1.82, 2.24) is 4.98 Å². The number of hydrogen-bond donors (Lipinski definition) is 1. The van der Waals surface area contributed by atoms with Crippen LogP contribution < -0.4 is 9.64 Å². The van der Waals surface area contributed by atoms with Crippen LogP contribution in [0.3, 0.4) is 0 Å². The lowest BCUT2D eigenvalue weighted by Crippen LogP contribution is -2.31. The van der Waals surface area contributed by atoms with E-state index >= 15 is 0 Å². The molecule has 2 aromatic heterocycles. The predicted molar refractivity (Wildman–Crippen MR) is 131 cm³/mol. The van der Waals surface area contributed by atoms with Crippen LogP contribution in [0, 0.1) is 0 Å². The Bertz CT molecular complexity index is 1410. The van der Waals surface area contributed by atoms with Gasteiger partial charge >= 0.3 is 0 Å². The lowest BCUT2D eigenvalue weighted by atomic mass is 9.95. The van der Waals surface area contributed by atoms with E-state index in [1.165, 1.54) is 40.2 Å². The molecule has 0 fully saturated rings. The zero-order chi connectivity index (χ0) is 23.1. The molecule has 8 heteroatoms. The fraction of sp³-hybridized carbons (Fsp3) is 0.160. The number of rotatable bonds is 6. The molecule has 0 saturated carbocycles. The maximum Gasteiger partial charge on any atom is 0.296 e. The normalized spacial score (nSPS) is 16.1. The van der Waals surface area contributed by atoms with Gasteiger partial charge in [0.05, 0.1) is 27.8 Å². The lowest BCUT2D eigenvalue weighted by Gasteiger charge is -2.25. The second-order valence-corrected chi connectivity index (χ2v) is 9.50. The average Bonchev–Trinajstić information content (AvgIpc) is 3.57. The van der Waals surface area contributed by atoms with Gasteiger partial charge in [-0.15, -0.1) is 11.3 Å². The second-order valence-electron chi connectivity index (χ2n) is 7.54. The number of methoxy groups -OCH3 is 1. The number of aryl methyl sites for hydroxylation is 1. The van der Waals surface area contributed by atoms with Gasteiger partial charge in [0.25, 0.3) is 5.91 Å². The van der Waals surface area contributed by atoms with E-state index in [-0.39, 0.29) is 11.4 Å². The molecule has 33 heavy (non-hydrogen) atoms. The number of nitrogens with zero attached hydrogens (tertiary/aromatic N) is 2. The molecule has 166 valence electrons. The van der Waals surface area contributed by atoms with E-state index in [1.54, 1.807) is 29.6 Å². The number of anilines is 1. The summed E-state index contributed by atoms with van der Waals surface area (Å²) in [4.78, 5) is 33.3. The number of benzene rings is 2. The van der Waals surface area contributed by atoms with Crippen LogP contribution in [0.1, 0.15) is 33.8 Å². The Labute approximate surface area is 198 Å². The summed E-state index contributed by atoms with van der Waals surface area (Å²) >= 11 is 2.62. The number of aromatic nitrogens is 1. The van der Waals surface area contributed by atoms with Crippen LogP contribution in [-0.4, -0.2) is 28.9 Å². The summed E-state index contributed by atoms with van der Waals surface area (Å²) in [6.45, 7) is 2.08. The highest BCUT2D eigenvalue weighted by Crippen LogP contribution is 2.46. The van der Waals surface area contributed by atoms with Crippen LogP contribution in [-0.2, 0) is 11.2 Å². The van der Waals surface area contributed by atoms with Crippen molar-refractivity contribution in [2.24, 2.45) is 0 Å². The smallest absolute Gasteiger partial charge is 0.296 e. The molecule has 0 saturated heterocycles. The number of aliphatic hydroxyl groups excluding tert-OH is 1. The Morgan fingerprint density at radius 2 is 2.00 bits per heavy atom. The molecule has 0 spiro atoms. The first-order chi connectivity index (χ1) is 16.0. The minimum Gasteiger partial charge on any atom is -0.503 e. The molecular weight excluding hydrogens is 456 g/mol. The molecule has 1 atom stereocenters. The molecule has 0 unspecified atom stereocenters. The zero-order valence-corrected chi connectivity index (χ0v) is 19.6. The van der Waals surface area contributed by atoms with Gasteiger partial charge in [0.2, 0.25) is 5.78 Å². The van der Waals surface area contributed by atoms with Crippen LogP contribution in [0.15, 0.2) is 71.3 Å². The Morgan fingerprint density at radius 3 is 2.73 bits per heavy atom.